The van der Waals surface area contributed by atoms with E-state index in [-0.39, 0.29) is 17.7 Å². The lowest BCUT2D eigenvalue weighted by Gasteiger charge is -2.37. The van der Waals surface area contributed by atoms with Crippen LogP contribution in [0.15, 0.2) is 48.5 Å². The van der Waals surface area contributed by atoms with Gasteiger partial charge in [0.05, 0.1) is 18.0 Å². The summed E-state index contributed by atoms with van der Waals surface area (Å²) in [7, 11) is 0. The lowest BCUT2D eigenvalue weighted by molar-refractivity contribution is -0.134. The smallest absolute Gasteiger partial charge is 0.255 e. The molecule has 3 rings (SSSR count). The Hall–Kier alpha value is -3.02. The number of unbranched alkanes of at least 4 members (excludes halogenated alkanes) is 1. The number of anilines is 2. The fourth-order valence-electron chi connectivity index (χ4n) is 3.62. The van der Waals surface area contributed by atoms with Crippen molar-refractivity contribution in [3.05, 3.63) is 54.1 Å². The molecule has 0 saturated carbocycles. The van der Waals surface area contributed by atoms with E-state index in [0.717, 1.165) is 43.1 Å². The predicted octanol–water partition coefficient (Wildman–Crippen LogP) is 4.42. The first-order valence-corrected chi connectivity index (χ1v) is 11.2. The van der Waals surface area contributed by atoms with Crippen molar-refractivity contribution in [2.45, 2.75) is 33.6 Å². The molecule has 0 bridgehead atoms. The van der Waals surface area contributed by atoms with Gasteiger partial charge in [0.15, 0.2) is 0 Å². The van der Waals surface area contributed by atoms with Gasteiger partial charge in [-0.3, -0.25) is 9.59 Å². The standard InChI is InChI=1S/C25H33N3O3/c1-4-5-18-31-21-12-10-20(11-13-21)24(29)26-22-8-6-7-9-23(22)27-14-16-28(17-15-27)25(30)19(2)3/h6-13,19H,4-5,14-18H2,1-3H3,(H,26,29). The Balaban J connectivity index is 1.63. The number of nitrogens with zero attached hydrogens (tertiary/aromatic N) is 2. The lowest BCUT2D eigenvalue weighted by atomic mass is 10.1. The molecule has 166 valence electrons. The van der Waals surface area contributed by atoms with Crippen LogP contribution in [-0.4, -0.2) is 49.5 Å². The zero-order chi connectivity index (χ0) is 22.2. The number of nitrogens with one attached hydrogen (secondary N) is 1. The highest BCUT2D eigenvalue weighted by Gasteiger charge is 2.24. The average Bonchev–Trinajstić information content (AvgIpc) is 2.79. The lowest BCUT2D eigenvalue weighted by Crippen LogP contribution is -2.50. The number of amides is 2. The Labute approximate surface area is 185 Å². The molecule has 0 atom stereocenters. The topological polar surface area (TPSA) is 61.9 Å². The van der Waals surface area contributed by atoms with Gasteiger partial charge in [-0.25, -0.2) is 0 Å². The van der Waals surface area contributed by atoms with Crippen LogP contribution < -0.4 is 15.0 Å². The number of piperazine rings is 1. The minimum absolute atomic E-state index is 0.0153. The Kier molecular flexibility index (Phi) is 7.93. The summed E-state index contributed by atoms with van der Waals surface area (Å²) in [5.41, 5.74) is 2.34. The average molecular weight is 424 g/mol. The molecule has 1 aliphatic rings. The molecule has 0 aromatic heterocycles. The normalized spacial score (nSPS) is 13.9. The molecule has 2 aromatic carbocycles. The molecule has 0 unspecified atom stereocenters. The molecule has 1 fully saturated rings. The Morgan fingerprint density at radius 1 is 1.00 bits per heavy atom. The molecular weight excluding hydrogens is 390 g/mol. The van der Waals surface area contributed by atoms with E-state index in [0.29, 0.717) is 25.3 Å². The minimum Gasteiger partial charge on any atom is -0.494 e. The highest BCUT2D eigenvalue weighted by atomic mass is 16.5. The van der Waals surface area contributed by atoms with Gasteiger partial charge in [0.1, 0.15) is 5.75 Å². The molecule has 1 heterocycles. The summed E-state index contributed by atoms with van der Waals surface area (Å²) in [4.78, 5) is 29.2. The summed E-state index contributed by atoms with van der Waals surface area (Å²) in [5.74, 6) is 0.838. The van der Waals surface area contributed by atoms with Crippen LogP contribution >= 0.6 is 0 Å². The third kappa shape index (κ3) is 6.00. The molecule has 0 radical (unpaired) electrons. The number of ether oxygens (including phenoxy) is 1. The van der Waals surface area contributed by atoms with Gasteiger partial charge in [0.2, 0.25) is 5.91 Å². The van der Waals surface area contributed by atoms with Gasteiger partial charge >= 0.3 is 0 Å². The zero-order valence-electron chi connectivity index (χ0n) is 18.8. The van der Waals surface area contributed by atoms with Crippen molar-refractivity contribution in [2.75, 3.05) is 43.0 Å². The van der Waals surface area contributed by atoms with Crippen molar-refractivity contribution in [2.24, 2.45) is 5.92 Å². The van der Waals surface area contributed by atoms with Gasteiger partial charge in [0, 0.05) is 37.7 Å². The molecular formula is C25H33N3O3. The molecule has 0 aliphatic carbocycles. The molecule has 2 aromatic rings. The molecule has 1 aliphatic heterocycles. The van der Waals surface area contributed by atoms with Crippen molar-refractivity contribution in [3.8, 4) is 5.75 Å². The first kappa shape index (κ1) is 22.7. The van der Waals surface area contributed by atoms with Crippen LogP contribution in [0.4, 0.5) is 11.4 Å². The molecule has 6 heteroatoms. The molecule has 1 saturated heterocycles. The maximum absolute atomic E-state index is 12.8. The van der Waals surface area contributed by atoms with E-state index in [1.54, 1.807) is 12.1 Å². The summed E-state index contributed by atoms with van der Waals surface area (Å²) < 4.78 is 5.67. The third-order valence-corrected chi connectivity index (χ3v) is 5.46. The minimum atomic E-state index is -0.152. The highest BCUT2D eigenvalue weighted by molar-refractivity contribution is 6.06. The number of carbonyl (C=O) groups is 2. The van der Waals surface area contributed by atoms with Crippen molar-refractivity contribution >= 4 is 23.2 Å². The van der Waals surface area contributed by atoms with Crippen LogP contribution in [0.25, 0.3) is 0 Å². The zero-order valence-corrected chi connectivity index (χ0v) is 18.8. The van der Waals surface area contributed by atoms with Crippen LogP contribution in [0.2, 0.25) is 0 Å². The summed E-state index contributed by atoms with van der Waals surface area (Å²) in [6.07, 6.45) is 2.10. The van der Waals surface area contributed by atoms with Crippen LogP contribution in [0.1, 0.15) is 44.0 Å². The monoisotopic (exact) mass is 423 g/mol. The van der Waals surface area contributed by atoms with Crippen molar-refractivity contribution in [1.82, 2.24) is 4.90 Å². The fourth-order valence-corrected chi connectivity index (χ4v) is 3.62. The highest BCUT2D eigenvalue weighted by Crippen LogP contribution is 2.27. The number of para-hydroxylation sites is 2. The number of rotatable bonds is 8. The molecule has 0 spiro atoms. The molecule has 2 amide bonds. The Morgan fingerprint density at radius 3 is 2.32 bits per heavy atom. The van der Waals surface area contributed by atoms with Gasteiger partial charge in [-0.05, 0) is 42.8 Å². The summed E-state index contributed by atoms with van der Waals surface area (Å²) in [6, 6.07) is 15.1. The fraction of sp³-hybridized carbons (Fsp3) is 0.440. The number of carbonyl (C=O) groups excluding carboxylic acids is 2. The summed E-state index contributed by atoms with van der Waals surface area (Å²) in [5, 5.41) is 3.05. The van der Waals surface area contributed by atoms with E-state index in [2.05, 4.69) is 17.1 Å². The SMILES string of the molecule is CCCCOc1ccc(C(=O)Nc2ccccc2N2CCN(C(=O)C(C)C)CC2)cc1. The van der Waals surface area contributed by atoms with Crippen molar-refractivity contribution < 1.29 is 14.3 Å². The van der Waals surface area contributed by atoms with Crippen LogP contribution in [0.3, 0.4) is 0 Å². The second kappa shape index (κ2) is 10.8. The van der Waals surface area contributed by atoms with Crippen molar-refractivity contribution in [1.29, 1.82) is 0 Å². The maximum Gasteiger partial charge on any atom is 0.255 e. The second-order valence-corrected chi connectivity index (χ2v) is 8.16. The summed E-state index contributed by atoms with van der Waals surface area (Å²) >= 11 is 0. The van der Waals surface area contributed by atoms with Gasteiger partial charge in [0.25, 0.3) is 5.91 Å². The summed E-state index contributed by atoms with van der Waals surface area (Å²) in [6.45, 7) is 9.56. The number of hydrogen-bond acceptors (Lipinski definition) is 4. The molecule has 6 nitrogen and oxygen atoms in total. The predicted molar refractivity (Wildman–Crippen MR) is 125 cm³/mol. The van der Waals surface area contributed by atoms with Gasteiger partial charge in [-0.1, -0.05) is 39.3 Å². The largest absolute Gasteiger partial charge is 0.494 e. The number of benzene rings is 2. The van der Waals surface area contributed by atoms with E-state index in [9.17, 15) is 9.59 Å². The van der Waals surface area contributed by atoms with Gasteiger partial charge < -0.3 is 19.9 Å². The first-order chi connectivity index (χ1) is 15.0. The van der Waals surface area contributed by atoms with E-state index < -0.39 is 0 Å². The molecule has 31 heavy (non-hydrogen) atoms. The first-order valence-electron chi connectivity index (χ1n) is 11.2. The molecule has 1 N–H and O–H groups in total. The van der Waals surface area contributed by atoms with E-state index in [1.165, 1.54) is 0 Å². The Bertz CT molecular complexity index is 872. The van der Waals surface area contributed by atoms with Crippen molar-refractivity contribution in [3.63, 3.8) is 0 Å². The van der Waals surface area contributed by atoms with E-state index in [4.69, 9.17) is 4.74 Å². The van der Waals surface area contributed by atoms with Gasteiger partial charge in [-0.2, -0.15) is 0 Å². The van der Waals surface area contributed by atoms with E-state index in [1.807, 2.05) is 55.1 Å². The third-order valence-electron chi connectivity index (χ3n) is 5.46. The van der Waals surface area contributed by atoms with Crippen LogP contribution in [0, 0.1) is 5.92 Å². The van der Waals surface area contributed by atoms with Gasteiger partial charge in [-0.15, -0.1) is 0 Å². The maximum atomic E-state index is 12.8. The van der Waals surface area contributed by atoms with Crippen LogP contribution in [-0.2, 0) is 4.79 Å². The quantitative estimate of drug-likeness (QED) is 0.639. The Morgan fingerprint density at radius 2 is 1.68 bits per heavy atom. The van der Waals surface area contributed by atoms with E-state index >= 15 is 0 Å². The van der Waals surface area contributed by atoms with Crippen LogP contribution in [0.5, 0.6) is 5.75 Å². The second-order valence-electron chi connectivity index (χ2n) is 8.16. The number of hydrogen-bond donors (Lipinski definition) is 1.